The highest BCUT2D eigenvalue weighted by molar-refractivity contribution is 7.98. The number of hydrogen-bond donors (Lipinski definition) is 1. The fourth-order valence-electron chi connectivity index (χ4n) is 1.88. The van der Waals surface area contributed by atoms with Gasteiger partial charge in [0.1, 0.15) is 5.54 Å². The second kappa shape index (κ2) is 9.01. The average Bonchev–Trinajstić information content (AvgIpc) is 2.46. The molecule has 0 aliphatic carbocycles. The third-order valence-corrected chi connectivity index (χ3v) is 4.20. The SMILES string of the molecule is CCCNC(C)(C#N)CCCSCc1ccccc1. The van der Waals surface area contributed by atoms with Crippen molar-refractivity contribution in [2.75, 3.05) is 12.3 Å². The highest BCUT2D eigenvalue weighted by Crippen LogP contribution is 2.17. The van der Waals surface area contributed by atoms with Crippen molar-refractivity contribution in [1.82, 2.24) is 5.32 Å². The summed E-state index contributed by atoms with van der Waals surface area (Å²) in [7, 11) is 0. The van der Waals surface area contributed by atoms with Crippen molar-refractivity contribution in [2.24, 2.45) is 0 Å². The molecule has 0 heterocycles. The van der Waals surface area contributed by atoms with E-state index in [0.29, 0.717) is 0 Å². The standard InChI is InChI=1S/C16H24N2S/c1-3-11-18-16(2,14-17)10-7-12-19-13-15-8-5-4-6-9-15/h4-6,8-9,18H,3,7,10-13H2,1-2H3. The first-order chi connectivity index (χ1) is 9.20. The zero-order valence-corrected chi connectivity index (χ0v) is 12.8. The maximum Gasteiger partial charge on any atom is 0.103 e. The molecule has 0 fully saturated rings. The van der Waals surface area contributed by atoms with Gasteiger partial charge in [-0.2, -0.15) is 17.0 Å². The van der Waals surface area contributed by atoms with Gasteiger partial charge in [-0.15, -0.1) is 0 Å². The van der Waals surface area contributed by atoms with Crippen molar-refractivity contribution in [1.29, 1.82) is 5.26 Å². The van der Waals surface area contributed by atoms with Crippen LogP contribution in [-0.4, -0.2) is 17.8 Å². The van der Waals surface area contributed by atoms with Crippen LogP contribution in [0, 0.1) is 11.3 Å². The van der Waals surface area contributed by atoms with Crippen molar-refractivity contribution >= 4 is 11.8 Å². The molecule has 0 amide bonds. The molecule has 0 spiro atoms. The molecule has 0 saturated heterocycles. The summed E-state index contributed by atoms with van der Waals surface area (Å²) in [4.78, 5) is 0. The molecule has 0 bridgehead atoms. The molecule has 19 heavy (non-hydrogen) atoms. The van der Waals surface area contributed by atoms with E-state index in [1.54, 1.807) is 0 Å². The molecule has 0 saturated carbocycles. The van der Waals surface area contributed by atoms with Crippen LogP contribution in [-0.2, 0) is 5.75 Å². The van der Waals surface area contributed by atoms with E-state index in [4.69, 9.17) is 0 Å². The van der Waals surface area contributed by atoms with Crippen LogP contribution in [0.5, 0.6) is 0 Å². The molecule has 104 valence electrons. The Bertz CT molecular complexity index is 385. The first-order valence-corrected chi connectivity index (χ1v) is 8.13. The number of nitriles is 1. The van der Waals surface area contributed by atoms with Gasteiger partial charge < -0.3 is 0 Å². The lowest BCUT2D eigenvalue weighted by Gasteiger charge is -2.22. The molecule has 0 aliphatic rings. The molecule has 3 heteroatoms. The lowest BCUT2D eigenvalue weighted by atomic mass is 9.98. The number of rotatable bonds is 9. The molecule has 1 N–H and O–H groups in total. The molecular weight excluding hydrogens is 252 g/mol. The van der Waals surface area contributed by atoms with E-state index in [2.05, 4.69) is 42.6 Å². The number of benzene rings is 1. The van der Waals surface area contributed by atoms with Gasteiger partial charge in [0.05, 0.1) is 6.07 Å². The fraction of sp³-hybridized carbons (Fsp3) is 0.562. The normalized spacial score (nSPS) is 13.7. The van der Waals surface area contributed by atoms with Crippen LogP contribution in [0.3, 0.4) is 0 Å². The number of thioether (sulfide) groups is 1. The monoisotopic (exact) mass is 276 g/mol. The van der Waals surface area contributed by atoms with Crippen LogP contribution in [0.15, 0.2) is 30.3 Å². The Morgan fingerprint density at radius 1 is 1.32 bits per heavy atom. The van der Waals surface area contributed by atoms with Crippen LogP contribution in [0.2, 0.25) is 0 Å². The van der Waals surface area contributed by atoms with Crippen molar-refractivity contribution in [2.45, 2.75) is 44.4 Å². The van der Waals surface area contributed by atoms with E-state index in [1.807, 2.05) is 24.8 Å². The molecule has 0 aromatic heterocycles. The summed E-state index contributed by atoms with van der Waals surface area (Å²) in [6.07, 6.45) is 3.07. The predicted molar refractivity (Wildman–Crippen MR) is 84.1 cm³/mol. The molecule has 2 nitrogen and oxygen atoms in total. The Morgan fingerprint density at radius 3 is 2.68 bits per heavy atom. The summed E-state index contributed by atoms with van der Waals surface area (Å²) in [6.45, 7) is 5.05. The Kier molecular flexibility index (Phi) is 7.62. The van der Waals surface area contributed by atoms with E-state index in [9.17, 15) is 5.26 Å². The second-order valence-corrected chi connectivity index (χ2v) is 6.12. The highest BCUT2D eigenvalue weighted by atomic mass is 32.2. The van der Waals surface area contributed by atoms with E-state index in [1.165, 1.54) is 5.56 Å². The van der Waals surface area contributed by atoms with Crippen LogP contribution in [0.1, 0.15) is 38.7 Å². The maximum atomic E-state index is 9.23. The van der Waals surface area contributed by atoms with Crippen LogP contribution < -0.4 is 5.32 Å². The van der Waals surface area contributed by atoms with Gasteiger partial charge in [-0.1, -0.05) is 37.3 Å². The molecular formula is C16H24N2S. The number of hydrogen-bond acceptors (Lipinski definition) is 3. The minimum absolute atomic E-state index is 0.358. The summed E-state index contributed by atoms with van der Waals surface area (Å²) in [6, 6.07) is 12.9. The van der Waals surface area contributed by atoms with E-state index >= 15 is 0 Å². The Morgan fingerprint density at radius 2 is 2.05 bits per heavy atom. The summed E-state index contributed by atoms with van der Waals surface area (Å²) in [5, 5.41) is 12.6. The molecule has 0 radical (unpaired) electrons. The Hall–Kier alpha value is -0.980. The minimum atomic E-state index is -0.358. The summed E-state index contributed by atoms with van der Waals surface area (Å²) in [5.74, 6) is 2.17. The molecule has 1 unspecified atom stereocenters. The van der Waals surface area contributed by atoms with Gasteiger partial charge >= 0.3 is 0 Å². The Balaban J connectivity index is 2.17. The van der Waals surface area contributed by atoms with Gasteiger partial charge in [0.25, 0.3) is 0 Å². The van der Waals surface area contributed by atoms with Crippen molar-refractivity contribution in [3.05, 3.63) is 35.9 Å². The van der Waals surface area contributed by atoms with E-state index < -0.39 is 0 Å². The summed E-state index contributed by atoms with van der Waals surface area (Å²) in [5.41, 5.74) is 1.02. The Labute approximate surface area is 121 Å². The molecule has 1 atom stereocenters. The number of nitrogens with one attached hydrogen (secondary N) is 1. The fourth-order valence-corrected chi connectivity index (χ4v) is 2.80. The van der Waals surface area contributed by atoms with Gasteiger partial charge in [-0.05, 0) is 44.0 Å². The molecule has 1 aromatic carbocycles. The topological polar surface area (TPSA) is 35.8 Å². The molecule has 1 aromatic rings. The highest BCUT2D eigenvalue weighted by Gasteiger charge is 2.21. The lowest BCUT2D eigenvalue weighted by Crippen LogP contribution is -2.41. The minimum Gasteiger partial charge on any atom is -0.300 e. The number of nitrogens with zero attached hydrogens (tertiary/aromatic N) is 1. The van der Waals surface area contributed by atoms with Crippen LogP contribution in [0.25, 0.3) is 0 Å². The van der Waals surface area contributed by atoms with Gasteiger partial charge in [0.15, 0.2) is 0 Å². The summed E-state index contributed by atoms with van der Waals surface area (Å²) < 4.78 is 0. The molecule has 1 rings (SSSR count). The van der Waals surface area contributed by atoms with Gasteiger partial charge in [0.2, 0.25) is 0 Å². The van der Waals surface area contributed by atoms with Gasteiger partial charge in [-0.3, -0.25) is 5.32 Å². The zero-order valence-electron chi connectivity index (χ0n) is 12.0. The zero-order chi connectivity index (χ0) is 14.0. The van der Waals surface area contributed by atoms with Crippen molar-refractivity contribution in [3.63, 3.8) is 0 Å². The summed E-state index contributed by atoms with van der Waals surface area (Å²) >= 11 is 1.94. The second-order valence-electron chi connectivity index (χ2n) is 5.01. The van der Waals surface area contributed by atoms with Crippen molar-refractivity contribution in [3.8, 4) is 6.07 Å². The van der Waals surface area contributed by atoms with Crippen LogP contribution in [0.4, 0.5) is 0 Å². The van der Waals surface area contributed by atoms with Crippen molar-refractivity contribution < 1.29 is 0 Å². The molecule has 0 aliphatic heterocycles. The first kappa shape index (κ1) is 16.1. The third kappa shape index (κ3) is 6.66. The quantitative estimate of drug-likeness (QED) is 0.693. The lowest BCUT2D eigenvalue weighted by molar-refractivity contribution is 0.415. The first-order valence-electron chi connectivity index (χ1n) is 6.98. The average molecular weight is 276 g/mol. The third-order valence-electron chi connectivity index (χ3n) is 3.09. The van der Waals surface area contributed by atoms with Crippen LogP contribution >= 0.6 is 11.8 Å². The maximum absolute atomic E-state index is 9.23. The van der Waals surface area contributed by atoms with Gasteiger partial charge in [-0.25, -0.2) is 0 Å². The van der Waals surface area contributed by atoms with Gasteiger partial charge in [0, 0.05) is 5.75 Å². The van der Waals surface area contributed by atoms with E-state index in [0.717, 1.165) is 37.3 Å². The smallest absolute Gasteiger partial charge is 0.103 e. The largest absolute Gasteiger partial charge is 0.300 e. The predicted octanol–water partition coefficient (Wildman–Crippen LogP) is 3.98. The van der Waals surface area contributed by atoms with E-state index in [-0.39, 0.29) is 5.54 Å².